The van der Waals surface area contributed by atoms with Gasteiger partial charge < -0.3 is 16.3 Å². The first-order chi connectivity index (χ1) is 8.72. The van der Waals surface area contributed by atoms with Crippen molar-refractivity contribution in [1.82, 2.24) is 19.9 Å². The molecule has 18 heavy (non-hydrogen) atoms. The molecule has 0 aliphatic rings. The van der Waals surface area contributed by atoms with Gasteiger partial charge in [0, 0.05) is 25.4 Å². The van der Waals surface area contributed by atoms with E-state index in [0.717, 1.165) is 0 Å². The Kier molecular flexibility index (Phi) is 3.37. The maximum Gasteiger partial charge on any atom is 0.255 e. The molecule has 2 aromatic rings. The van der Waals surface area contributed by atoms with Crippen molar-refractivity contribution >= 4 is 17.3 Å². The van der Waals surface area contributed by atoms with E-state index < -0.39 is 0 Å². The van der Waals surface area contributed by atoms with Crippen LogP contribution in [0, 0.1) is 0 Å². The lowest BCUT2D eigenvalue weighted by Crippen LogP contribution is -2.27. The second-order valence-corrected chi connectivity index (χ2v) is 3.56. The summed E-state index contributed by atoms with van der Waals surface area (Å²) in [7, 11) is 0. The summed E-state index contributed by atoms with van der Waals surface area (Å²) in [6.07, 6.45) is 6.55. The van der Waals surface area contributed by atoms with E-state index in [-0.39, 0.29) is 24.7 Å². The van der Waals surface area contributed by atoms with Crippen LogP contribution in [0.1, 0.15) is 16.8 Å². The summed E-state index contributed by atoms with van der Waals surface area (Å²) >= 11 is 0. The van der Waals surface area contributed by atoms with E-state index in [0.29, 0.717) is 11.1 Å². The number of fused-ring (bicyclic) bond motifs is 1. The van der Waals surface area contributed by atoms with Crippen LogP contribution < -0.4 is 11.1 Å². The zero-order valence-electron chi connectivity index (χ0n) is 9.45. The van der Waals surface area contributed by atoms with E-state index in [4.69, 9.17) is 10.9 Å². The van der Waals surface area contributed by atoms with Gasteiger partial charge in [-0.15, -0.1) is 0 Å². The molecule has 0 saturated heterocycles. The number of carbonyl (C=O) groups excluding carboxylic acids is 1. The Morgan fingerprint density at radius 2 is 2.39 bits per heavy atom. The van der Waals surface area contributed by atoms with Crippen molar-refractivity contribution in [2.24, 2.45) is 10.9 Å². The highest BCUT2D eigenvalue weighted by Gasteiger charge is 2.11. The van der Waals surface area contributed by atoms with E-state index in [1.54, 1.807) is 23.1 Å². The molecule has 0 atom stereocenters. The van der Waals surface area contributed by atoms with E-state index >= 15 is 0 Å². The first kappa shape index (κ1) is 11.8. The summed E-state index contributed by atoms with van der Waals surface area (Å²) in [6, 6.07) is 0. The minimum Gasteiger partial charge on any atom is -0.409 e. The number of hydrogen-bond acceptors (Lipinski definition) is 5. The molecule has 8 nitrogen and oxygen atoms in total. The van der Waals surface area contributed by atoms with Gasteiger partial charge in [0.1, 0.15) is 5.84 Å². The zero-order valence-corrected chi connectivity index (χ0v) is 9.45. The van der Waals surface area contributed by atoms with Gasteiger partial charge >= 0.3 is 0 Å². The number of carbonyl (C=O) groups is 1. The van der Waals surface area contributed by atoms with Gasteiger partial charge in [0.05, 0.1) is 23.5 Å². The van der Waals surface area contributed by atoms with Crippen molar-refractivity contribution < 1.29 is 10.0 Å². The zero-order chi connectivity index (χ0) is 13.0. The second kappa shape index (κ2) is 5.13. The van der Waals surface area contributed by atoms with Gasteiger partial charge in [0.25, 0.3) is 5.91 Å². The number of oxime groups is 1. The molecule has 0 unspecified atom stereocenters. The number of aromatic nitrogens is 3. The fourth-order valence-electron chi connectivity index (χ4n) is 1.46. The summed E-state index contributed by atoms with van der Waals surface area (Å²) in [4.78, 5) is 15.8. The predicted octanol–water partition coefficient (Wildman–Crippen LogP) is -0.404. The average Bonchev–Trinajstić information content (AvgIpc) is 2.82. The van der Waals surface area contributed by atoms with Gasteiger partial charge in [0.2, 0.25) is 0 Å². The monoisotopic (exact) mass is 248 g/mol. The number of amidine groups is 1. The molecule has 2 rings (SSSR count). The molecule has 1 amide bonds. The van der Waals surface area contributed by atoms with Gasteiger partial charge in [-0.25, -0.2) is 4.52 Å². The number of amides is 1. The highest BCUT2D eigenvalue weighted by atomic mass is 16.4. The largest absolute Gasteiger partial charge is 0.409 e. The van der Waals surface area contributed by atoms with Crippen LogP contribution in [0.4, 0.5) is 0 Å². The summed E-state index contributed by atoms with van der Waals surface area (Å²) in [5.41, 5.74) is 6.35. The molecule has 0 aliphatic heterocycles. The third kappa shape index (κ3) is 2.37. The molecule has 0 spiro atoms. The molecule has 0 fully saturated rings. The van der Waals surface area contributed by atoms with Crippen molar-refractivity contribution in [3.63, 3.8) is 0 Å². The van der Waals surface area contributed by atoms with Crippen LogP contribution >= 0.6 is 0 Å². The highest BCUT2D eigenvalue weighted by molar-refractivity contribution is 6.00. The highest BCUT2D eigenvalue weighted by Crippen LogP contribution is 2.07. The Morgan fingerprint density at radius 1 is 1.56 bits per heavy atom. The standard InChI is InChI=1S/C10H12N6O2/c11-9(15-18)1-2-13-10(17)7-5-14-16-4-3-12-6-8(7)16/h3-6,18H,1-2H2,(H2,11,15)(H,13,17). The molecule has 4 N–H and O–H groups in total. The Bertz CT molecular complexity index is 591. The molecular weight excluding hydrogens is 236 g/mol. The van der Waals surface area contributed by atoms with E-state index in [9.17, 15) is 4.79 Å². The topological polar surface area (TPSA) is 118 Å². The smallest absolute Gasteiger partial charge is 0.255 e. The lowest BCUT2D eigenvalue weighted by Gasteiger charge is -2.02. The van der Waals surface area contributed by atoms with Crippen molar-refractivity contribution in [2.45, 2.75) is 6.42 Å². The van der Waals surface area contributed by atoms with Crippen LogP contribution in [0.15, 0.2) is 29.9 Å². The molecule has 2 aromatic heterocycles. The van der Waals surface area contributed by atoms with E-state index in [2.05, 4.69) is 20.6 Å². The fourth-order valence-corrected chi connectivity index (χ4v) is 1.46. The summed E-state index contributed by atoms with van der Waals surface area (Å²) < 4.78 is 1.56. The Labute approximate surface area is 102 Å². The normalized spacial score (nSPS) is 11.7. The number of nitrogens with zero attached hydrogens (tertiary/aromatic N) is 4. The lowest BCUT2D eigenvalue weighted by molar-refractivity contribution is 0.0956. The Balaban J connectivity index is 2.05. The molecule has 94 valence electrons. The molecule has 0 aromatic carbocycles. The quantitative estimate of drug-likeness (QED) is 0.294. The van der Waals surface area contributed by atoms with Crippen molar-refractivity contribution in [1.29, 1.82) is 0 Å². The van der Waals surface area contributed by atoms with Crippen molar-refractivity contribution in [3.05, 3.63) is 30.4 Å². The van der Waals surface area contributed by atoms with Crippen molar-refractivity contribution in [3.8, 4) is 0 Å². The van der Waals surface area contributed by atoms with Crippen LogP contribution in [0.5, 0.6) is 0 Å². The summed E-state index contributed by atoms with van der Waals surface area (Å²) in [6.45, 7) is 0.284. The predicted molar refractivity (Wildman–Crippen MR) is 63.3 cm³/mol. The first-order valence-corrected chi connectivity index (χ1v) is 5.24. The number of rotatable bonds is 4. The molecule has 0 saturated carbocycles. The molecular formula is C10H12N6O2. The summed E-state index contributed by atoms with van der Waals surface area (Å²) in [5.74, 6) is -0.208. The van der Waals surface area contributed by atoms with Crippen LogP contribution in [0.25, 0.3) is 5.52 Å². The fraction of sp³-hybridized carbons (Fsp3) is 0.200. The molecule has 8 heteroatoms. The van der Waals surface area contributed by atoms with Gasteiger partial charge in [-0.3, -0.25) is 9.78 Å². The number of nitrogens with two attached hydrogens (primary N) is 1. The second-order valence-electron chi connectivity index (χ2n) is 3.56. The first-order valence-electron chi connectivity index (χ1n) is 5.24. The van der Waals surface area contributed by atoms with E-state index in [1.807, 2.05) is 0 Å². The third-order valence-corrected chi connectivity index (χ3v) is 2.36. The van der Waals surface area contributed by atoms with Crippen LogP contribution in [0.2, 0.25) is 0 Å². The Hall–Kier alpha value is -2.64. The summed E-state index contributed by atoms with van der Waals surface area (Å²) in [5, 5.41) is 17.8. The molecule has 0 bridgehead atoms. The maximum atomic E-state index is 11.9. The molecule has 2 heterocycles. The van der Waals surface area contributed by atoms with Crippen molar-refractivity contribution in [2.75, 3.05) is 6.54 Å². The maximum absolute atomic E-state index is 11.9. The van der Waals surface area contributed by atoms with Gasteiger partial charge in [-0.2, -0.15) is 5.10 Å². The van der Waals surface area contributed by atoms with Gasteiger partial charge in [0.15, 0.2) is 0 Å². The van der Waals surface area contributed by atoms with Crippen LogP contribution in [-0.4, -0.2) is 38.1 Å². The average molecular weight is 248 g/mol. The lowest BCUT2D eigenvalue weighted by atomic mass is 10.2. The van der Waals surface area contributed by atoms with E-state index in [1.165, 1.54) is 6.20 Å². The van der Waals surface area contributed by atoms with Crippen LogP contribution in [-0.2, 0) is 0 Å². The number of hydrogen-bond donors (Lipinski definition) is 3. The van der Waals surface area contributed by atoms with Gasteiger partial charge in [-0.1, -0.05) is 5.16 Å². The SMILES string of the molecule is N/C(CCNC(=O)c1cnn2ccncc12)=N/O. The minimum atomic E-state index is -0.274. The van der Waals surface area contributed by atoms with Gasteiger partial charge in [-0.05, 0) is 0 Å². The number of nitrogens with one attached hydrogen (secondary N) is 1. The Morgan fingerprint density at radius 3 is 3.17 bits per heavy atom. The molecule has 0 radical (unpaired) electrons. The van der Waals surface area contributed by atoms with Crippen LogP contribution in [0.3, 0.4) is 0 Å². The third-order valence-electron chi connectivity index (χ3n) is 2.36. The minimum absolute atomic E-state index is 0.0665. The molecule has 0 aliphatic carbocycles.